The Morgan fingerprint density at radius 1 is 1.33 bits per heavy atom. The normalized spacial score (nSPS) is 18.5. The molecule has 0 bridgehead atoms. The molecule has 10 heteroatoms. The summed E-state index contributed by atoms with van der Waals surface area (Å²) in [6.07, 6.45) is 1.11. The fourth-order valence-electron chi connectivity index (χ4n) is 3.53. The Labute approximate surface area is 172 Å². The molecule has 3 aromatic rings. The molecule has 0 radical (unpaired) electrons. The minimum Gasteiger partial charge on any atom is -0.391 e. The molecule has 2 amide bonds. The van der Waals surface area contributed by atoms with Crippen molar-refractivity contribution in [2.75, 3.05) is 6.54 Å². The number of aryl methyl sites for hydroxylation is 1. The molecule has 1 aliphatic heterocycles. The molecule has 1 aromatic carbocycles. The van der Waals surface area contributed by atoms with Crippen LogP contribution in [0.15, 0.2) is 41.1 Å². The Kier molecular flexibility index (Phi) is 5.57. The van der Waals surface area contributed by atoms with Crippen molar-refractivity contribution in [3.8, 4) is 11.3 Å². The summed E-state index contributed by atoms with van der Waals surface area (Å²) in [6, 6.07) is 8.54. The van der Waals surface area contributed by atoms with Gasteiger partial charge in [-0.15, -0.1) is 0 Å². The summed E-state index contributed by atoms with van der Waals surface area (Å²) in [5.74, 6) is -0.140. The molecular formula is C20H22N6O4. The molecule has 10 nitrogen and oxygen atoms in total. The third-order valence-electron chi connectivity index (χ3n) is 5.04. The highest BCUT2D eigenvalue weighted by molar-refractivity contribution is 5.89. The summed E-state index contributed by atoms with van der Waals surface area (Å²) in [7, 11) is 0. The number of nitrogens with zero attached hydrogens (tertiary/aromatic N) is 4. The van der Waals surface area contributed by atoms with Gasteiger partial charge in [0.1, 0.15) is 17.5 Å². The number of nitrogens with one attached hydrogen (secondary N) is 2. The van der Waals surface area contributed by atoms with Crippen LogP contribution in [0.3, 0.4) is 0 Å². The first-order chi connectivity index (χ1) is 14.5. The van der Waals surface area contributed by atoms with Crippen LogP contribution in [0.25, 0.3) is 11.3 Å². The number of benzene rings is 1. The van der Waals surface area contributed by atoms with Crippen LogP contribution in [-0.4, -0.2) is 61.1 Å². The number of H-pyrrole nitrogens is 1. The lowest BCUT2D eigenvalue weighted by Crippen LogP contribution is -2.46. The zero-order valence-corrected chi connectivity index (χ0v) is 16.4. The molecule has 156 valence electrons. The first-order valence-electron chi connectivity index (χ1n) is 9.62. The third kappa shape index (κ3) is 4.38. The minimum absolute atomic E-state index is 0.000843. The summed E-state index contributed by atoms with van der Waals surface area (Å²) in [6.45, 7) is 2.20. The van der Waals surface area contributed by atoms with Gasteiger partial charge in [-0.2, -0.15) is 15.4 Å². The molecule has 0 spiro atoms. The van der Waals surface area contributed by atoms with Crippen molar-refractivity contribution in [2.45, 2.75) is 38.5 Å². The van der Waals surface area contributed by atoms with Gasteiger partial charge in [0, 0.05) is 31.1 Å². The molecule has 1 saturated heterocycles. The van der Waals surface area contributed by atoms with E-state index in [4.69, 9.17) is 4.52 Å². The standard InChI is InChI=1S/C20H22N6O4/c1-12-6-16(30-24-12)8-19(28)26-11-15(27)7-18(26)20(29)21-9-13-2-4-14(5-3-13)17-10-22-25-23-17/h2-6,10,15,18,27H,7-9,11H2,1H3,(H,21,29)(H,22,23,25). The fraction of sp³-hybridized carbons (Fsp3) is 0.350. The Bertz CT molecular complexity index is 1010. The predicted molar refractivity (Wildman–Crippen MR) is 105 cm³/mol. The maximum Gasteiger partial charge on any atom is 0.243 e. The second-order valence-corrected chi connectivity index (χ2v) is 7.33. The van der Waals surface area contributed by atoms with Crippen LogP contribution in [0, 0.1) is 6.92 Å². The van der Waals surface area contributed by atoms with Gasteiger partial charge < -0.3 is 19.8 Å². The lowest BCUT2D eigenvalue weighted by Gasteiger charge is -2.23. The SMILES string of the molecule is Cc1cc(CC(=O)N2CC(O)CC2C(=O)NCc2ccc(-c3cn[nH]n3)cc2)on1. The van der Waals surface area contributed by atoms with Gasteiger partial charge in [-0.1, -0.05) is 29.4 Å². The maximum atomic E-state index is 12.7. The van der Waals surface area contributed by atoms with Crippen LogP contribution in [0.4, 0.5) is 0 Å². The molecule has 30 heavy (non-hydrogen) atoms. The van der Waals surface area contributed by atoms with E-state index in [0.29, 0.717) is 18.0 Å². The van der Waals surface area contributed by atoms with Crippen LogP contribution >= 0.6 is 0 Å². The van der Waals surface area contributed by atoms with E-state index in [2.05, 4.69) is 25.9 Å². The van der Waals surface area contributed by atoms with E-state index in [0.717, 1.165) is 16.8 Å². The highest BCUT2D eigenvalue weighted by atomic mass is 16.5. The molecule has 2 unspecified atom stereocenters. The minimum atomic E-state index is -0.733. The molecule has 0 saturated carbocycles. The highest BCUT2D eigenvalue weighted by Gasteiger charge is 2.38. The van der Waals surface area contributed by atoms with Crippen molar-refractivity contribution < 1.29 is 19.2 Å². The Morgan fingerprint density at radius 2 is 2.13 bits per heavy atom. The van der Waals surface area contributed by atoms with Gasteiger partial charge in [0.25, 0.3) is 0 Å². The van der Waals surface area contributed by atoms with Crippen molar-refractivity contribution in [1.29, 1.82) is 0 Å². The summed E-state index contributed by atoms with van der Waals surface area (Å²) in [5, 5.41) is 27.0. The molecule has 1 aliphatic rings. The number of carbonyl (C=O) groups is 2. The van der Waals surface area contributed by atoms with Gasteiger partial charge in [0.15, 0.2) is 0 Å². The van der Waals surface area contributed by atoms with Crippen LogP contribution in [0.1, 0.15) is 23.4 Å². The molecule has 2 atom stereocenters. The number of aliphatic hydroxyl groups excluding tert-OH is 1. The summed E-state index contributed by atoms with van der Waals surface area (Å²) < 4.78 is 5.09. The van der Waals surface area contributed by atoms with Crippen molar-refractivity contribution in [2.24, 2.45) is 0 Å². The van der Waals surface area contributed by atoms with Crippen molar-refractivity contribution in [1.82, 2.24) is 30.8 Å². The molecule has 3 heterocycles. The second-order valence-electron chi connectivity index (χ2n) is 7.33. The van der Waals surface area contributed by atoms with Crippen LogP contribution in [0.5, 0.6) is 0 Å². The highest BCUT2D eigenvalue weighted by Crippen LogP contribution is 2.20. The average Bonchev–Trinajstić information content (AvgIpc) is 3.48. The van der Waals surface area contributed by atoms with Crippen LogP contribution in [0.2, 0.25) is 0 Å². The third-order valence-corrected chi connectivity index (χ3v) is 5.04. The van der Waals surface area contributed by atoms with Gasteiger partial charge in [-0.05, 0) is 12.5 Å². The van der Waals surface area contributed by atoms with Gasteiger partial charge >= 0.3 is 0 Å². The lowest BCUT2D eigenvalue weighted by molar-refractivity contribution is -0.138. The van der Waals surface area contributed by atoms with E-state index in [9.17, 15) is 14.7 Å². The smallest absolute Gasteiger partial charge is 0.243 e. The van der Waals surface area contributed by atoms with Crippen molar-refractivity contribution in [3.05, 3.63) is 53.5 Å². The van der Waals surface area contributed by atoms with Gasteiger partial charge in [0.05, 0.1) is 24.4 Å². The number of aromatic nitrogens is 4. The number of β-amino-alcohol motifs (C(OH)–C–C–N with tert-alkyl or cyclic N) is 1. The predicted octanol–water partition coefficient (Wildman–Crippen LogP) is 0.589. The number of hydrogen-bond acceptors (Lipinski definition) is 7. The van der Waals surface area contributed by atoms with Crippen molar-refractivity contribution >= 4 is 11.8 Å². The average molecular weight is 410 g/mol. The van der Waals surface area contributed by atoms with Crippen LogP contribution < -0.4 is 5.32 Å². The number of hydrogen-bond donors (Lipinski definition) is 3. The number of aromatic amines is 1. The maximum absolute atomic E-state index is 12.7. The van der Waals surface area contributed by atoms with E-state index in [1.54, 1.807) is 19.2 Å². The summed E-state index contributed by atoms with van der Waals surface area (Å²) >= 11 is 0. The van der Waals surface area contributed by atoms with E-state index in [1.807, 2.05) is 24.3 Å². The lowest BCUT2D eigenvalue weighted by atomic mass is 10.1. The number of likely N-dealkylation sites (tertiary alicyclic amines) is 1. The summed E-state index contributed by atoms with van der Waals surface area (Å²) in [5.41, 5.74) is 3.24. The topological polar surface area (TPSA) is 137 Å². The molecule has 2 aromatic heterocycles. The number of amides is 2. The quantitative estimate of drug-likeness (QED) is 0.541. The first kappa shape index (κ1) is 19.8. The zero-order chi connectivity index (χ0) is 21.1. The Balaban J connectivity index is 1.36. The summed E-state index contributed by atoms with van der Waals surface area (Å²) in [4.78, 5) is 26.8. The van der Waals surface area contributed by atoms with E-state index >= 15 is 0 Å². The second kappa shape index (κ2) is 8.46. The van der Waals surface area contributed by atoms with Gasteiger partial charge in [-0.3, -0.25) is 9.59 Å². The zero-order valence-electron chi connectivity index (χ0n) is 16.4. The van der Waals surface area contributed by atoms with Crippen molar-refractivity contribution in [3.63, 3.8) is 0 Å². The van der Waals surface area contributed by atoms with Gasteiger partial charge in [-0.25, -0.2) is 0 Å². The van der Waals surface area contributed by atoms with E-state index < -0.39 is 12.1 Å². The molecule has 4 rings (SSSR count). The monoisotopic (exact) mass is 410 g/mol. The molecular weight excluding hydrogens is 388 g/mol. The number of aliphatic hydroxyl groups is 1. The van der Waals surface area contributed by atoms with Gasteiger partial charge in [0.2, 0.25) is 11.8 Å². The number of carbonyl (C=O) groups excluding carboxylic acids is 2. The number of rotatable bonds is 6. The molecule has 1 fully saturated rings. The van der Waals surface area contributed by atoms with Crippen LogP contribution in [-0.2, 0) is 22.6 Å². The van der Waals surface area contributed by atoms with E-state index in [-0.39, 0.29) is 31.2 Å². The van der Waals surface area contributed by atoms with E-state index in [1.165, 1.54) is 4.90 Å². The Morgan fingerprint density at radius 3 is 2.80 bits per heavy atom. The largest absolute Gasteiger partial charge is 0.391 e. The fourth-order valence-corrected chi connectivity index (χ4v) is 3.53. The molecule has 0 aliphatic carbocycles. The Hall–Kier alpha value is -3.53. The first-order valence-corrected chi connectivity index (χ1v) is 9.62. The molecule has 3 N–H and O–H groups in total.